The van der Waals surface area contributed by atoms with Crippen LogP contribution in [-0.4, -0.2) is 7.38 Å². The lowest BCUT2D eigenvalue weighted by atomic mass is 10.6. The Balaban J connectivity index is 3.15. The van der Waals surface area contributed by atoms with Crippen molar-refractivity contribution >= 4 is 18.5 Å². The lowest BCUT2D eigenvalue weighted by molar-refractivity contribution is 1.06. The molecule has 0 aliphatic carbocycles. The molecule has 0 aromatic carbocycles. The SMILES string of the molecule is CCC[Si](C)(C)Cl. The number of halogens is 1. The Morgan fingerprint density at radius 3 is 1.86 bits per heavy atom. The van der Waals surface area contributed by atoms with Crippen LogP contribution in [0.4, 0.5) is 0 Å². The van der Waals surface area contributed by atoms with E-state index in [2.05, 4.69) is 20.0 Å². The van der Waals surface area contributed by atoms with Gasteiger partial charge >= 0.3 is 0 Å². The van der Waals surface area contributed by atoms with E-state index in [1.807, 2.05) is 0 Å². The molecule has 7 heavy (non-hydrogen) atoms. The molecule has 0 unspecified atom stereocenters. The van der Waals surface area contributed by atoms with Gasteiger partial charge in [0.2, 0.25) is 0 Å². The summed E-state index contributed by atoms with van der Waals surface area (Å²) >= 11 is 5.97. The zero-order valence-electron chi connectivity index (χ0n) is 5.29. The average molecular weight is 137 g/mol. The minimum absolute atomic E-state index is 1.18. The van der Waals surface area contributed by atoms with Crippen LogP contribution in [0.15, 0.2) is 0 Å². The first-order valence-electron chi connectivity index (χ1n) is 2.75. The molecular formula is C5H13ClSi. The maximum Gasteiger partial charge on any atom is 0.150 e. The van der Waals surface area contributed by atoms with Crippen LogP contribution in [0.1, 0.15) is 13.3 Å². The largest absolute Gasteiger partial charge is 0.168 e. The molecule has 0 aliphatic heterocycles. The number of rotatable bonds is 2. The highest BCUT2D eigenvalue weighted by atomic mass is 35.6. The van der Waals surface area contributed by atoms with E-state index in [0.29, 0.717) is 0 Å². The zero-order valence-corrected chi connectivity index (χ0v) is 7.05. The molecular weight excluding hydrogens is 124 g/mol. The monoisotopic (exact) mass is 136 g/mol. The Labute approximate surface area is 51.6 Å². The highest BCUT2D eigenvalue weighted by molar-refractivity contribution is 7.19. The highest BCUT2D eigenvalue weighted by Crippen LogP contribution is 2.14. The van der Waals surface area contributed by atoms with Crippen molar-refractivity contribution in [2.24, 2.45) is 0 Å². The van der Waals surface area contributed by atoms with E-state index >= 15 is 0 Å². The third-order valence-corrected chi connectivity index (χ3v) is 3.10. The Hall–Kier alpha value is 0.507. The van der Waals surface area contributed by atoms with Crippen LogP contribution < -0.4 is 0 Å². The van der Waals surface area contributed by atoms with Gasteiger partial charge in [-0.1, -0.05) is 26.4 Å². The molecule has 0 N–H and O–H groups in total. The molecule has 0 atom stereocenters. The van der Waals surface area contributed by atoms with Crippen LogP contribution in [0.5, 0.6) is 0 Å². The first-order valence-corrected chi connectivity index (χ1v) is 6.97. The first-order chi connectivity index (χ1) is 3.06. The Morgan fingerprint density at radius 2 is 1.86 bits per heavy atom. The van der Waals surface area contributed by atoms with E-state index in [0.717, 1.165) is 0 Å². The van der Waals surface area contributed by atoms with E-state index in [4.69, 9.17) is 11.1 Å². The van der Waals surface area contributed by atoms with E-state index in [1.165, 1.54) is 12.5 Å². The molecule has 0 aliphatic rings. The molecule has 0 fully saturated rings. The van der Waals surface area contributed by atoms with Crippen molar-refractivity contribution < 1.29 is 0 Å². The quantitative estimate of drug-likeness (QED) is 0.405. The summed E-state index contributed by atoms with van der Waals surface area (Å²) in [5.74, 6) is 0. The van der Waals surface area contributed by atoms with Gasteiger partial charge in [0.05, 0.1) is 0 Å². The summed E-state index contributed by atoms with van der Waals surface area (Å²) in [5.41, 5.74) is 0. The third-order valence-electron chi connectivity index (χ3n) is 0.844. The minimum Gasteiger partial charge on any atom is -0.168 e. The zero-order chi connectivity index (χ0) is 5.91. The van der Waals surface area contributed by atoms with Crippen molar-refractivity contribution in [2.45, 2.75) is 32.5 Å². The molecule has 0 nitrogen and oxygen atoms in total. The smallest absolute Gasteiger partial charge is 0.150 e. The van der Waals surface area contributed by atoms with Gasteiger partial charge in [-0.05, 0) is 6.04 Å². The third kappa shape index (κ3) is 6.51. The molecule has 0 bridgehead atoms. The van der Waals surface area contributed by atoms with Gasteiger partial charge in [0, 0.05) is 0 Å². The van der Waals surface area contributed by atoms with Crippen molar-refractivity contribution in [3.8, 4) is 0 Å². The van der Waals surface area contributed by atoms with Crippen LogP contribution in [-0.2, 0) is 0 Å². The van der Waals surface area contributed by atoms with Gasteiger partial charge in [0.1, 0.15) is 7.38 Å². The fraction of sp³-hybridized carbons (Fsp3) is 1.00. The molecule has 0 rings (SSSR count). The van der Waals surface area contributed by atoms with Gasteiger partial charge in [-0.25, -0.2) is 0 Å². The van der Waals surface area contributed by atoms with E-state index < -0.39 is 7.38 Å². The van der Waals surface area contributed by atoms with Gasteiger partial charge < -0.3 is 0 Å². The van der Waals surface area contributed by atoms with E-state index in [1.54, 1.807) is 0 Å². The number of hydrogen-bond donors (Lipinski definition) is 0. The van der Waals surface area contributed by atoms with Gasteiger partial charge in [-0.3, -0.25) is 0 Å². The summed E-state index contributed by atoms with van der Waals surface area (Å²) in [6.07, 6.45) is 1.24. The molecule has 0 amide bonds. The van der Waals surface area contributed by atoms with Gasteiger partial charge in [-0.2, -0.15) is 11.1 Å². The standard InChI is InChI=1S/C5H13ClSi/c1-4-5-7(2,3)6/h4-5H2,1-3H3. The van der Waals surface area contributed by atoms with Crippen molar-refractivity contribution in [1.82, 2.24) is 0 Å². The summed E-state index contributed by atoms with van der Waals surface area (Å²) in [6.45, 7) is 6.53. The first kappa shape index (κ1) is 7.51. The topological polar surface area (TPSA) is 0 Å². The Kier molecular flexibility index (Phi) is 2.92. The van der Waals surface area contributed by atoms with Crippen molar-refractivity contribution in [3.63, 3.8) is 0 Å². The highest BCUT2D eigenvalue weighted by Gasteiger charge is 2.13. The summed E-state index contributed by atoms with van der Waals surface area (Å²) in [4.78, 5) is 0. The molecule has 2 heteroatoms. The van der Waals surface area contributed by atoms with Crippen LogP contribution >= 0.6 is 11.1 Å². The van der Waals surface area contributed by atoms with Gasteiger partial charge in [-0.15, -0.1) is 0 Å². The summed E-state index contributed by atoms with van der Waals surface area (Å²) < 4.78 is 0. The van der Waals surface area contributed by atoms with Crippen LogP contribution in [0.3, 0.4) is 0 Å². The van der Waals surface area contributed by atoms with Crippen molar-refractivity contribution in [1.29, 1.82) is 0 Å². The van der Waals surface area contributed by atoms with Crippen LogP contribution in [0, 0.1) is 0 Å². The fourth-order valence-corrected chi connectivity index (χ4v) is 2.35. The van der Waals surface area contributed by atoms with Crippen LogP contribution in [0.2, 0.25) is 19.1 Å². The predicted molar refractivity (Wildman–Crippen MR) is 38.4 cm³/mol. The van der Waals surface area contributed by atoms with Gasteiger partial charge in [0.15, 0.2) is 0 Å². The maximum atomic E-state index is 5.97. The van der Waals surface area contributed by atoms with E-state index in [9.17, 15) is 0 Å². The molecule has 0 aromatic heterocycles. The second-order valence-corrected chi connectivity index (χ2v) is 9.48. The van der Waals surface area contributed by atoms with Gasteiger partial charge in [0.25, 0.3) is 0 Å². The lowest BCUT2D eigenvalue weighted by Crippen LogP contribution is -2.14. The Bertz CT molecular complexity index is 46.5. The summed E-state index contributed by atoms with van der Waals surface area (Å²) in [5, 5.41) is 0. The molecule has 44 valence electrons. The predicted octanol–water partition coefficient (Wildman–Crippen LogP) is 2.84. The molecule has 0 heterocycles. The molecule has 0 aromatic rings. The number of hydrogen-bond acceptors (Lipinski definition) is 0. The van der Waals surface area contributed by atoms with Crippen LogP contribution in [0.25, 0.3) is 0 Å². The summed E-state index contributed by atoms with van der Waals surface area (Å²) in [6, 6.07) is 1.24. The molecule has 0 saturated heterocycles. The van der Waals surface area contributed by atoms with Crippen molar-refractivity contribution in [2.75, 3.05) is 0 Å². The average Bonchev–Trinajstić information content (AvgIpc) is 1.30. The van der Waals surface area contributed by atoms with Crippen molar-refractivity contribution in [3.05, 3.63) is 0 Å². The fourth-order valence-electron chi connectivity index (χ4n) is 0.594. The summed E-state index contributed by atoms with van der Waals surface area (Å²) in [7, 11) is -1.18. The normalized spacial score (nSPS) is 12.0. The molecule has 0 radical (unpaired) electrons. The minimum atomic E-state index is -1.18. The molecule has 0 saturated carbocycles. The second-order valence-electron chi connectivity index (χ2n) is 2.47. The second kappa shape index (κ2) is 2.73. The molecule has 0 spiro atoms. The Morgan fingerprint density at radius 1 is 1.43 bits per heavy atom. The maximum absolute atomic E-state index is 5.97. The van der Waals surface area contributed by atoms with E-state index in [-0.39, 0.29) is 0 Å². The lowest BCUT2D eigenvalue weighted by Gasteiger charge is -2.08.